The van der Waals surface area contributed by atoms with Gasteiger partial charge in [-0.3, -0.25) is 0 Å². The molecule has 1 aliphatic rings. The molecule has 0 aliphatic carbocycles. The molecular weight excluding hydrogens is 163 g/mol. The highest BCUT2D eigenvalue weighted by atomic mass is 19.1. The number of aliphatic hydroxyl groups is 1. The summed E-state index contributed by atoms with van der Waals surface area (Å²) in [6.45, 7) is 4.41. The number of ether oxygens (including phenoxy) is 2. The Hall–Kier alpha value is -0.190. The highest BCUT2D eigenvalue weighted by Crippen LogP contribution is 2.31. The third-order valence-electron chi connectivity index (χ3n) is 1.97. The molecule has 0 radical (unpaired) electrons. The fraction of sp³-hybridized carbons (Fsp3) is 1.00. The molecule has 3 nitrogen and oxygen atoms in total. The summed E-state index contributed by atoms with van der Waals surface area (Å²) in [7, 11) is 0. The average molecular weight is 178 g/mol. The summed E-state index contributed by atoms with van der Waals surface area (Å²) in [6, 6.07) is 0. The van der Waals surface area contributed by atoms with Crippen LogP contribution in [0.15, 0.2) is 0 Å². The maximum absolute atomic E-state index is 13.5. The standard InChI is InChI=1S/C8H15FO3/c1-7(2)11-5-8(3,9)6(4-10)12-7/h6,10H,4-5H2,1-3H3/t6-,8+/m1/s1. The highest BCUT2D eigenvalue weighted by molar-refractivity contribution is 4.88. The third-order valence-corrected chi connectivity index (χ3v) is 1.97. The molecule has 1 aliphatic heterocycles. The Labute approximate surface area is 71.5 Å². The Bertz CT molecular complexity index is 168. The second-order valence-corrected chi connectivity index (χ2v) is 3.76. The summed E-state index contributed by atoms with van der Waals surface area (Å²) in [4.78, 5) is 0. The van der Waals surface area contributed by atoms with E-state index in [-0.39, 0.29) is 13.2 Å². The van der Waals surface area contributed by atoms with Gasteiger partial charge in [-0.25, -0.2) is 4.39 Å². The molecule has 0 amide bonds. The van der Waals surface area contributed by atoms with Gasteiger partial charge in [0.15, 0.2) is 11.5 Å². The van der Waals surface area contributed by atoms with Crippen LogP contribution in [-0.2, 0) is 9.47 Å². The van der Waals surface area contributed by atoms with Gasteiger partial charge in [0.05, 0.1) is 13.2 Å². The molecule has 0 unspecified atom stereocenters. The molecule has 0 aromatic heterocycles. The van der Waals surface area contributed by atoms with Gasteiger partial charge >= 0.3 is 0 Å². The molecule has 12 heavy (non-hydrogen) atoms. The van der Waals surface area contributed by atoms with Gasteiger partial charge in [-0.1, -0.05) is 0 Å². The molecule has 1 heterocycles. The predicted molar refractivity (Wildman–Crippen MR) is 41.5 cm³/mol. The van der Waals surface area contributed by atoms with Crippen molar-refractivity contribution in [3.63, 3.8) is 0 Å². The molecule has 0 aromatic rings. The number of halogens is 1. The van der Waals surface area contributed by atoms with Crippen molar-refractivity contribution >= 4 is 0 Å². The first-order chi connectivity index (χ1) is 5.37. The first-order valence-corrected chi connectivity index (χ1v) is 3.99. The second-order valence-electron chi connectivity index (χ2n) is 3.76. The average Bonchev–Trinajstić information content (AvgIpc) is 1.95. The van der Waals surface area contributed by atoms with Gasteiger partial charge in [-0.15, -0.1) is 0 Å². The maximum Gasteiger partial charge on any atom is 0.163 e. The van der Waals surface area contributed by atoms with E-state index in [0.717, 1.165) is 0 Å². The van der Waals surface area contributed by atoms with E-state index in [1.807, 2.05) is 0 Å². The Morgan fingerprint density at radius 1 is 1.50 bits per heavy atom. The van der Waals surface area contributed by atoms with Crippen LogP contribution in [0.5, 0.6) is 0 Å². The summed E-state index contributed by atoms with van der Waals surface area (Å²) >= 11 is 0. The number of alkyl halides is 1. The molecule has 0 aromatic carbocycles. The number of hydrogen-bond donors (Lipinski definition) is 1. The second kappa shape index (κ2) is 2.94. The zero-order chi connectivity index (χ0) is 9.41. The lowest BCUT2D eigenvalue weighted by molar-refractivity contribution is -0.320. The highest BCUT2D eigenvalue weighted by Gasteiger charge is 2.44. The Kier molecular flexibility index (Phi) is 2.42. The Balaban J connectivity index is 2.67. The van der Waals surface area contributed by atoms with Crippen molar-refractivity contribution in [1.29, 1.82) is 0 Å². The Morgan fingerprint density at radius 2 is 2.08 bits per heavy atom. The van der Waals surface area contributed by atoms with Gasteiger partial charge < -0.3 is 14.6 Å². The quantitative estimate of drug-likeness (QED) is 0.647. The van der Waals surface area contributed by atoms with E-state index in [2.05, 4.69) is 0 Å². The van der Waals surface area contributed by atoms with Gasteiger partial charge in [0.2, 0.25) is 0 Å². The van der Waals surface area contributed by atoms with E-state index >= 15 is 0 Å². The minimum absolute atomic E-state index is 0.0365. The van der Waals surface area contributed by atoms with E-state index in [9.17, 15) is 4.39 Å². The molecule has 0 spiro atoms. The van der Waals surface area contributed by atoms with Crippen LogP contribution < -0.4 is 0 Å². The molecule has 0 bridgehead atoms. The van der Waals surface area contributed by atoms with Crippen molar-refractivity contribution in [2.45, 2.75) is 38.3 Å². The van der Waals surface area contributed by atoms with Gasteiger partial charge in [0, 0.05) is 0 Å². The zero-order valence-corrected chi connectivity index (χ0v) is 7.63. The smallest absolute Gasteiger partial charge is 0.163 e. The van der Waals surface area contributed by atoms with Crippen LogP contribution in [0.3, 0.4) is 0 Å². The molecule has 1 fully saturated rings. The summed E-state index contributed by atoms with van der Waals surface area (Å²) in [6.07, 6.45) is -0.791. The lowest BCUT2D eigenvalue weighted by Crippen LogP contribution is -2.55. The molecular formula is C8H15FO3. The molecule has 2 atom stereocenters. The Morgan fingerprint density at radius 3 is 2.50 bits per heavy atom. The van der Waals surface area contributed by atoms with Gasteiger partial charge in [0.25, 0.3) is 0 Å². The predicted octanol–water partition coefficient (Wildman–Crippen LogP) is 0.858. The van der Waals surface area contributed by atoms with Crippen LogP contribution in [0.2, 0.25) is 0 Å². The van der Waals surface area contributed by atoms with Gasteiger partial charge in [0.1, 0.15) is 6.10 Å². The fourth-order valence-corrected chi connectivity index (χ4v) is 1.13. The van der Waals surface area contributed by atoms with Crippen LogP contribution in [0.1, 0.15) is 20.8 Å². The van der Waals surface area contributed by atoms with Crippen LogP contribution in [0.4, 0.5) is 4.39 Å². The van der Waals surface area contributed by atoms with E-state index in [0.29, 0.717) is 0 Å². The van der Waals surface area contributed by atoms with E-state index < -0.39 is 17.6 Å². The van der Waals surface area contributed by atoms with Crippen molar-refractivity contribution < 1.29 is 19.0 Å². The molecule has 4 heteroatoms. The van der Waals surface area contributed by atoms with E-state index in [1.165, 1.54) is 6.92 Å². The van der Waals surface area contributed by atoms with Crippen molar-refractivity contribution in [1.82, 2.24) is 0 Å². The summed E-state index contributed by atoms with van der Waals surface area (Å²) in [5.74, 6) is -0.793. The number of hydrogen-bond acceptors (Lipinski definition) is 3. The zero-order valence-electron chi connectivity index (χ0n) is 7.63. The van der Waals surface area contributed by atoms with Crippen LogP contribution in [0, 0.1) is 0 Å². The lowest BCUT2D eigenvalue weighted by atomic mass is 10.0. The van der Waals surface area contributed by atoms with Crippen LogP contribution >= 0.6 is 0 Å². The molecule has 72 valence electrons. The maximum atomic E-state index is 13.5. The summed E-state index contributed by atoms with van der Waals surface area (Å²) in [5.41, 5.74) is -1.59. The third kappa shape index (κ3) is 1.94. The lowest BCUT2D eigenvalue weighted by Gasteiger charge is -2.42. The minimum atomic E-state index is -1.59. The van der Waals surface area contributed by atoms with Crippen molar-refractivity contribution in [2.75, 3.05) is 13.2 Å². The normalized spacial score (nSPS) is 41.2. The minimum Gasteiger partial charge on any atom is -0.394 e. The monoisotopic (exact) mass is 178 g/mol. The molecule has 1 saturated heterocycles. The van der Waals surface area contributed by atoms with Gasteiger partial charge in [-0.05, 0) is 20.8 Å². The fourth-order valence-electron chi connectivity index (χ4n) is 1.13. The first kappa shape index (κ1) is 9.89. The number of rotatable bonds is 1. The van der Waals surface area contributed by atoms with Crippen molar-refractivity contribution in [3.8, 4) is 0 Å². The van der Waals surface area contributed by atoms with Crippen LogP contribution in [0.25, 0.3) is 0 Å². The molecule has 1 N–H and O–H groups in total. The first-order valence-electron chi connectivity index (χ1n) is 3.99. The van der Waals surface area contributed by atoms with Crippen molar-refractivity contribution in [2.24, 2.45) is 0 Å². The van der Waals surface area contributed by atoms with Crippen LogP contribution in [-0.4, -0.2) is 35.9 Å². The van der Waals surface area contributed by atoms with Gasteiger partial charge in [-0.2, -0.15) is 0 Å². The van der Waals surface area contributed by atoms with E-state index in [1.54, 1.807) is 13.8 Å². The SMILES string of the molecule is CC1(C)OC[C@](C)(F)[C@@H](CO)O1. The number of aliphatic hydroxyl groups excluding tert-OH is 1. The van der Waals surface area contributed by atoms with E-state index in [4.69, 9.17) is 14.6 Å². The molecule has 1 rings (SSSR count). The molecule has 0 saturated carbocycles. The largest absolute Gasteiger partial charge is 0.394 e. The summed E-state index contributed by atoms with van der Waals surface area (Å²) < 4.78 is 23.8. The van der Waals surface area contributed by atoms with Crippen molar-refractivity contribution in [3.05, 3.63) is 0 Å². The topological polar surface area (TPSA) is 38.7 Å². The summed E-state index contributed by atoms with van der Waals surface area (Å²) in [5, 5.41) is 8.84.